The Balaban J connectivity index is 0.00000243. The molecule has 1 aromatic rings. The SMILES string of the molecule is COc1ccc(C(=O)C(CN2CCOCC2)CN2CCOCC2)cc1.Cl. The van der Waals surface area contributed by atoms with E-state index < -0.39 is 0 Å². The van der Waals surface area contributed by atoms with Crippen molar-refractivity contribution >= 4 is 18.2 Å². The summed E-state index contributed by atoms with van der Waals surface area (Å²) in [6.07, 6.45) is 0. The molecule has 1 aromatic carbocycles. The monoisotopic (exact) mass is 384 g/mol. The molecule has 0 atom stereocenters. The van der Waals surface area contributed by atoms with Crippen LogP contribution in [0.1, 0.15) is 10.4 Å². The lowest BCUT2D eigenvalue weighted by Crippen LogP contribution is -2.47. The summed E-state index contributed by atoms with van der Waals surface area (Å²) in [5.41, 5.74) is 0.757. The molecule has 26 heavy (non-hydrogen) atoms. The van der Waals surface area contributed by atoms with Crippen LogP contribution in [0.3, 0.4) is 0 Å². The Morgan fingerprint density at radius 1 is 0.962 bits per heavy atom. The number of carbonyl (C=O) groups excluding carboxylic acids is 1. The molecule has 0 aliphatic carbocycles. The molecular formula is C19H29ClN2O4. The smallest absolute Gasteiger partial charge is 0.168 e. The summed E-state index contributed by atoms with van der Waals surface area (Å²) in [4.78, 5) is 17.8. The van der Waals surface area contributed by atoms with E-state index in [2.05, 4.69) is 9.80 Å². The van der Waals surface area contributed by atoms with Crippen molar-refractivity contribution in [1.29, 1.82) is 0 Å². The van der Waals surface area contributed by atoms with Gasteiger partial charge < -0.3 is 14.2 Å². The Morgan fingerprint density at radius 2 is 1.42 bits per heavy atom. The van der Waals surface area contributed by atoms with Crippen LogP contribution in [0.4, 0.5) is 0 Å². The van der Waals surface area contributed by atoms with Gasteiger partial charge in [-0.3, -0.25) is 14.6 Å². The number of halogens is 1. The van der Waals surface area contributed by atoms with Crippen LogP contribution in [0.5, 0.6) is 5.75 Å². The normalized spacial score (nSPS) is 19.2. The third-order valence-corrected chi connectivity index (χ3v) is 4.91. The first-order valence-corrected chi connectivity index (χ1v) is 9.05. The van der Waals surface area contributed by atoms with E-state index in [-0.39, 0.29) is 24.1 Å². The highest BCUT2D eigenvalue weighted by Crippen LogP contribution is 2.18. The van der Waals surface area contributed by atoms with E-state index in [0.29, 0.717) is 0 Å². The number of methoxy groups -OCH3 is 1. The Bertz CT molecular complexity index is 523. The van der Waals surface area contributed by atoms with Gasteiger partial charge in [-0.25, -0.2) is 0 Å². The summed E-state index contributed by atoms with van der Waals surface area (Å²) >= 11 is 0. The summed E-state index contributed by atoms with van der Waals surface area (Å²) in [5, 5.41) is 0. The molecule has 0 bridgehead atoms. The number of ether oxygens (including phenoxy) is 3. The average molecular weight is 385 g/mol. The zero-order valence-electron chi connectivity index (χ0n) is 15.4. The molecule has 2 aliphatic rings. The minimum Gasteiger partial charge on any atom is -0.497 e. The predicted octanol–water partition coefficient (Wildman–Crippen LogP) is 1.58. The van der Waals surface area contributed by atoms with Gasteiger partial charge in [0.2, 0.25) is 0 Å². The van der Waals surface area contributed by atoms with E-state index in [0.717, 1.165) is 77.0 Å². The maximum absolute atomic E-state index is 13.1. The second-order valence-corrected chi connectivity index (χ2v) is 6.62. The van der Waals surface area contributed by atoms with Gasteiger partial charge in [-0.05, 0) is 24.3 Å². The van der Waals surface area contributed by atoms with Crippen molar-refractivity contribution in [2.75, 3.05) is 72.8 Å². The number of benzene rings is 1. The molecule has 2 saturated heterocycles. The molecule has 6 nitrogen and oxygen atoms in total. The largest absolute Gasteiger partial charge is 0.497 e. The maximum Gasteiger partial charge on any atom is 0.168 e. The number of rotatable bonds is 7. The lowest BCUT2D eigenvalue weighted by atomic mass is 9.95. The Kier molecular flexibility index (Phi) is 8.81. The summed E-state index contributed by atoms with van der Waals surface area (Å²) in [7, 11) is 1.64. The molecule has 0 aromatic heterocycles. The van der Waals surface area contributed by atoms with Crippen molar-refractivity contribution < 1.29 is 19.0 Å². The molecule has 0 spiro atoms. The fraction of sp³-hybridized carbons (Fsp3) is 0.632. The van der Waals surface area contributed by atoms with Crippen LogP contribution in [-0.2, 0) is 9.47 Å². The topological polar surface area (TPSA) is 51.2 Å². The molecule has 2 aliphatic heterocycles. The van der Waals surface area contributed by atoms with Crippen LogP contribution in [0.15, 0.2) is 24.3 Å². The van der Waals surface area contributed by atoms with Crippen molar-refractivity contribution in [2.45, 2.75) is 0 Å². The van der Waals surface area contributed by atoms with Gasteiger partial charge in [-0.2, -0.15) is 0 Å². The maximum atomic E-state index is 13.1. The van der Waals surface area contributed by atoms with E-state index >= 15 is 0 Å². The number of hydrogen-bond acceptors (Lipinski definition) is 6. The van der Waals surface area contributed by atoms with Gasteiger partial charge in [0.25, 0.3) is 0 Å². The quantitative estimate of drug-likeness (QED) is 0.665. The predicted molar refractivity (Wildman–Crippen MR) is 103 cm³/mol. The van der Waals surface area contributed by atoms with Gasteiger partial charge in [0.15, 0.2) is 5.78 Å². The van der Waals surface area contributed by atoms with Crippen molar-refractivity contribution in [2.24, 2.45) is 5.92 Å². The zero-order valence-corrected chi connectivity index (χ0v) is 16.2. The van der Waals surface area contributed by atoms with Crippen LogP contribution in [0.25, 0.3) is 0 Å². The third kappa shape index (κ3) is 5.93. The molecule has 0 radical (unpaired) electrons. The van der Waals surface area contributed by atoms with Crippen LogP contribution in [0, 0.1) is 5.92 Å². The summed E-state index contributed by atoms with van der Waals surface area (Å²) < 4.78 is 16.1. The third-order valence-electron chi connectivity index (χ3n) is 4.91. The number of ketones is 1. The molecule has 3 rings (SSSR count). The number of hydrogen-bond donors (Lipinski definition) is 0. The first kappa shape index (κ1) is 21.1. The lowest BCUT2D eigenvalue weighted by molar-refractivity contribution is 0.0130. The summed E-state index contributed by atoms with van der Waals surface area (Å²) in [6, 6.07) is 7.45. The highest BCUT2D eigenvalue weighted by Gasteiger charge is 2.27. The molecule has 2 heterocycles. The molecule has 0 unspecified atom stereocenters. The Morgan fingerprint density at radius 3 is 1.85 bits per heavy atom. The van der Waals surface area contributed by atoms with Crippen molar-refractivity contribution in [3.05, 3.63) is 29.8 Å². The van der Waals surface area contributed by atoms with Gasteiger partial charge in [0.1, 0.15) is 5.75 Å². The molecule has 0 amide bonds. The van der Waals surface area contributed by atoms with Gasteiger partial charge in [-0.15, -0.1) is 12.4 Å². The van der Waals surface area contributed by atoms with Crippen molar-refractivity contribution in [3.8, 4) is 5.75 Å². The van der Waals surface area contributed by atoms with E-state index in [9.17, 15) is 4.79 Å². The number of Topliss-reactive ketones (excluding diaryl/α,β-unsaturated/α-hetero) is 1. The Hall–Kier alpha value is -1.18. The minimum absolute atomic E-state index is 0. The van der Waals surface area contributed by atoms with Gasteiger partial charge in [-0.1, -0.05) is 0 Å². The second-order valence-electron chi connectivity index (χ2n) is 6.62. The molecule has 0 N–H and O–H groups in total. The Labute approximate surface area is 161 Å². The zero-order chi connectivity index (χ0) is 17.5. The van der Waals surface area contributed by atoms with Crippen LogP contribution in [-0.4, -0.2) is 88.4 Å². The lowest BCUT2D eigenvalue weighted by Gasteiger charge is -2.34. The highest BCUT2D eigenvalue weighted by atomic mass is 35.5. The van der Waals surface area contributed by atoms with Crippen molar-refractivity contribution in [1.82, 2.24) is 9.80 Å². The fourth-order valence-electron chi connectivity index (χ4n) is 3.41. The average Bonchev–Trinajstić information content (AvgIpc) is 2.68. The van der Waals surface area contributed by atoms with Gasteiger partial charge in [0, 0.05) is 50.7 Å². The van der Waals surface area contributed by atoms with Gasteiger partial charge >= 0.3 is 0 Å². The molecular weight excluding hydrogens is 356 g/mol. The van der Waals surface area contributed by atoms with E-state index in [1.807, 2.05) is 24.3 Å². The van der Waals surface area contributed by atoms with E-state index in [4.69, 9.17) is 14.2 Å². The fourth-order valence-corrected chi connectivity index (χ4v) is 3.41. The summed E-state index contributed by atoms with van der Waals surface area (Å²) in [5.74, 6) is 0.944. The van der Waals surface area contributed by atoms with Crippen LogP contribution in [0.2, 0.25) is 0 Å². The van der Waals surface area contributed by atoms with Crippen molar-refractivity contribution in [3.63, 3.8) is 0 Å². The number of nitrogens with zero attached hydrogens (tertiary/aromatic N) is 2. The minimum atomic E-state index is -0.0374. The summed E-state index contributed by atoms with van der Waals surface area (Å²) in [6.45, 7) is 8.16. The van der Waals surface area contributed by atoms with Crippen LogP contribution < -0.4 is 4.74 Å². The van der Waals surface area contributed by atoms with Gasteiger partial charge in [0.05, 0.1) is 33.5 Å². The number of carbonyl (C=O) groups is 1. The first-order valence-electron chi connectivity index (χ1n) is 9.05. The molecule has 7 heteroatoms. The van der Waals surface area contributed by atoms with E-state index in [1.54, 1.807) is 7.11 Å². The van der Waals surface area contributed by atoms with Crippen LogP contribution >= 0.6 is 12.4 Å². The first-order chi connectivity index (χ1) is 12.3. The molecule has 2 fully saturated rings. The standard InChI is InChI=1S/C19H28N2O4.ClH/c1-23-18-4-2-16(3-5-18)19(22)17(14-20-6-10-24-11-7-20)15-21-8-12-25-13-9-21;/h2-5,17H,6-15H2,1H3;1H. The highest BCUT2D eigenvalue weighted by molar-refractivity contribution is 5.98. The second kappa shape index (κ2) is 10.8. The number of morpholine rings is 2. The van der Waals surface area contributed by atoms with E-state index in [1.165, 1.54) is 0 Å². The molecule has 146 valence electrons. The molecule has 0 saturated carbocycles.